The molecule has 2 unspecified atom stereocenters. The van der Waals surface area contributed by atoms with Gasteiger partial charge in [0.25, 0.3) is 0 Å². The van der Waals surface area contributed by atoms with Crippen molar-refractivity contribution in [3.05, 3.63) is 65.7 Å². The summed E-state index contributed by atoms with van der Waals surface area (Å²) in [6.07, 6.45) is 0. The predicted octanol–water partition coefficient (Wildman–Crippen LogP) is 3.34. The minimum atomic E-state index is -0.582. The van der Waals surface area contributed by atoms with Gasteiger partial charge >= 0.3 is 0 Å². The second-order valence-electron chi connectivity index (χ2n) is 6.46. The van der Waals surface area contributed by atoms with E-state index < -0.39 is 29.5 Å². The molecular formula is C20H24ClF2N3O2. The summed E-state index contributed by atoms with van der Waals surface area (Å²) in [6.45, 7) is 2.89. The van der Waals surface area contributed by atoms with E-state index in [1.54, 1.807) is 38.1 Å². The highest BCUT2D eigenvalue weighted by Gasteiger charge is 2.26. The van der Waals surface area contributed by atoms with Gasteiger partial charge in [-0.15, -0.1) is 12.4 Å². The van der Waals surface area contributed by atoms with Crippen LogP contribution < -0.4 is 11.1 Å². The molecule has 0 heterocycles. The van der Waals surface area contributed by atoms with Crippen molar-refractivity contribution < 1.29 is 18.4 Å². The monoisotopic (exact) mass is 411 g/mol. The van der Waals surface area contributed by atoms with E-state index in [0.717, 1.165) is 0 Å². The summed E-state index contributed by atoms with van der Waals surface area (Å²) in [5.74, 6) is -2.57. The Morgan fingerprint density at radius 1 is 1.04 bits per heavy atom. The third kappa shape index (κ3) is 6.28. The molecule has 0 aliphatic carbocycles. The molecule has 2 aromatic rings. The van der Waals surface area contributed by atoms with Crippen molar-refractivity contribution in [3.63, 3.8) is 0 Å². The molecule has 2 atom stereocenters. The van der Waals surface area contributed by atoms with Crippen molar-refractivity contribution >= 4 is 29.9 Å². The van der Waals surface area contributed by atoms with Crippen LogP contribution in [0.15, 0.2) is 48.5 Å². The van der Waals surface area contributed by atoms with Crippen molar-refractivity contribution in [2.24, 2.45) is 11.7 Å². The zero-order valence-electron chi connectivity index (χ0n) is 15.7. The van der Waals surface area contributed by atoms with Gasteiger partial charge in [0.15, 0.2) is 0 Å². The van der Waals surface area contributed by atoms with Crippen LogP contribution in [-0.4, -0.2) is 29.3 Å². The maximum Gasteiger partial charge on any atom is 0.244 e. The molecule has 152 valence electrons. The minimum Gasteiger partial charge on any atom is -0.329 e. The Balaban J connectivity index is 0.00000392. The molecule has 28 heavy (non-hydrogen) atoms. The highest BCUT2D eigenvalue weighted by Crippen LogP contribution is 2.16. The third-order valence-electron chi connectivity index (χ3n) is 4.29. The number of halogens is 3. The Morgan fingerprint density at radius 2 is 1.61 bits per heavy atom. The number of hydrogen-bond acceptors (Lipinski definition) is 3. The lowest BCUT2D eigenvalue weighted by molar-refractivity contribution is -0.139. The number of carbonyl (C=O) groups excluding carboxylic acids is 2. The van der Waals surface area contributed by atoms with E-state index in [0.29, 0.717) is 0 Å². The lowest BCUT2D eigenvalue weighted by atomic mass is 10.0. The van der Waals surface area contributed by atoms with Gasteiger partial charge in [-0.25, -0.2) is 8.78 Å². The summed E-state index contributed by atoms with van der Waals surface area (Å²) < 4.78 is 27.7. The van der Waals surface area contributed by atoms with Crippen LogP contribution in [0, 0.1) is 17.6 Å². The molecule has 3 N–H and O–H groups in total. The number of rotatable bonds is 7. The van der Waals surface area contributed by atoms with Gasteiger partial charge in [-0.1, -0.05) is 37.3 Å². The van der Waals surface area contributed by atoms with Gasteiger partial charge in [-0.2, -0.15) is 0 Å². The van der Waals surface area contributed by atoms with Gasteiger partial charge in [-0.3, -0.25) is 9.59 Å². The molecule has 0 aliphatic rings. The number of amides is 2. The molecule has 0 radical (unpaired) electrons. The van der Waals surface area contributed by atoms with Crippen LogP contribution in [0.1, 0.15) is 19.4 Å². The van der Waals surface area contributed by atoms with E-state index in [4.69, 9.17) is 5.73 Å². The van der Waals surface area contributed by atoms with E-state index in [2.05, 4.69) is 5.32 Å². The summed E-state index contributed by atoms with van der Waals surface area (Å²) >= 11 is 0. The molecule has 0 fully saturated rings. The summed E-state index contributed by atoms with van der Waals surface area (Å²) in [6, 6.07) is 11.3. The van der Waals surface area contributed by atoms with Gasteiger partial charge in [0.1, 0.15) is 18.2 Å². The molecule has 0 aliphatic heterocycles. The van der Waals surface area contributed by atoms with E-state index in [1.165, 1.54) is 29.2 Å². The quantitative estimate of drug-likeness (QED) is 0.733. The van der Waals surface area contributed by atoms with Crippen LogP contribution in [0.3, 0.4) is 0 Å². The van der Waals surface area contributed by atoms with Crippen LogP contribution in [0.2, 0.25) is 0 Å². The van der Waals surface area contributed by atoms with Crippen LogP contribution in [0.25, 0.3) is 0 Å². The topological polar surface area (TPSA) is 75.4 Å². The Kier molecular flexibility index (Phi) is 9.02. The Bertz CT molecular complexity index is 818. The highest BCUT2D eigenvalue weighted by atomic mass is 35.5. The van der Waals surface area contributed by atoms with Gasteiger partial charge < -0.3 is 16.0 Å². The minimum absolute atomic E-state index is 0. The zero-order chi connectivity index (χ0) is 20.0. The molecule has 8 heteroatoms. The lowest BCUT2D eigenvalue weighted by Gasteiger charge is -2.27. The maximum atomic E-state index is 14.0. The first kappa shape index (κ1) is 23.5. The molecule has 0 saturated carbocycles. The van der Waals surface area contributed by atoms with E-state index in [-0.39, 0.29) is 42.7 Å². The normalized spacial score (nSPS) is 12.5. The van der Waals surface area contributed by atoms with E-state index >= 15 is 0 Å². The van der Waals surface area contributed by atoms with Crippen LogP contribution >= 0.6 is 12.4 Å². The molecule has 2 rings (SSSR count). The molecule has 5 nitrogen and oxygen atoms in total. The first-order chi connectivity index (χ1) is 12.8. The molecule has 0 aromatic heterocycles. The highest BCUT2D eigenvalue weighted by molar-refractivity contribution is 5.95. The fraction of sp³-hybridized carbons (Fsp3) is 0.300. The molecule has 2 aromatic carbocycles. The van der Waals surface area contributed by atoms with Crippen LogP contribution in [-0.2, 0) is 16.1 Å². The first-order valence-electron chi connectivity index (χ1n) is 8.61. The number of carbonyl (C=O) groups is 2. The molecular weight excluding hydrogens is 388 g/mol. The van der Waals surface area contributed by atoms with Gasteiger partial charge in [0.05, 0.1) is 11.6 Å². The van der Waals surface area contributed by atoms with Crippen molar-refractivity contribution in [2.75, 3.05) is 11.9 Å². The van der Waals surface area contributed by atoms with Crippen LogP contribution in [0.5, 0.6) is 0 Å². The number of nitrogens with zero attached hydrogens (tertiary/aromatic N) is 1. The van der Waals surface area contributed by atoms with Crippen molar-refractivity contribution in [3.8, 4) is 0 Å². The second-order valence-corrected chi connectivity index (χ2v) is 6.46. The van der Waals surface area contributed by atoms with E-state index in [1.807, 2.05) is 0 Å². The average molecular weight is 412 g/mol. The van der Waals surface area contributed by atoms with Gasteiger partial charge in [-0.05, 0) is 25.1 Å². The number of benzene rings is 2. The van der Waals surface area contributed by atoms with Gasteiger partial charge in [0.2, 0.25) is 11.8 Å². The van der Waals surface area contributed by atoms with Crippen LogP contribution in [0.4, 0.5) is 14.5 Å². The largest absolute Gasteiger partial charge is 0.329 e. The average Bonchev–Trinajstić information content (AvgIpc) is 2.63. The molecule has 0 bridgehead atoms. The number of hydrogen-bond donors (Lipinski definition) is 2. The number of nitrogens with two attached hydrogens (primary N) is 1. The molecule has 0 saturated heterocycles. The standard InChI is InChI=1S/C20H23F2N3O2.ClH/c1-13(14(2)23)20(27)25(11-15-7-3-4-8-16(15)21)12-19(26)24-18-10-6-5-9-17(18)22;/h3-10,13-14H,11-12,23H2,1-2H3,(H,24,26);1H. The van der Waals surface area contributed by atoms with Gasteiger partial charge in [0, 0.05) is 18.2 Å². The van der Waals surface area contributed by atoms with Crippen molar-refractivity contribution in [1.29, 1.82) is 0 Å². The second kappa shape index (κ2) is 10.7. The fourth-order valence-corrected chi connectivity index (χ4v) is 2.48. The molecule has 2 amide bonds. The summed E-state index contributed by atoms with van der Waals surface area (Å²) in [5.41, 5.74) is 6.09. The Hall–Kier alpha value is -2.51. The van der Waals surface area contributed by atoms with E-state index in [9.17, 15) is 18.4 Å². The number of anilines is 1. The third-order valence-corrected chi connectivity index (χ3v) is 4.29. The summed E-state index contributed by atoms with van der Waals surface area (Å²) in [5, 5.41) is 2.43. The molecule has 0 spiro atoms. The Morgan fingerprint density at radius 3 is 2.18 bits per heavy atom. The number of nitrogens with one attached hydrogen (secondary N) is 1. The predicted molar refractivity (Wildman–Crippen MR) is 107 cm³/mol. The maximum absolute atomic E-state index is 14.0. The first-order valence-corrected chi connectivity index (χ1v) is 8.61. The van der Waals surface area contributed by atoms with Crippen molar-refractivity contribution in [1.82, 2.24) is 4.90 Å². The lowest BCUT2D eigenvalue weighted by Crippen LogP contribution is -2.44. The summed E-state index contributed by atoms with van der Waals surface area (Å²) in [4.78, 5) is 26.3. The summed E-state index contributed by atoms with van der Waals surface area (Å²) in [7, 11) is 0. The smallest absolute Gasteiger partial charge is 0.244 e. The van der Waals surface area contributed by atoms with Crippen molar-refractivity contribution in [2.45, 2.75) is 26.4 Å². The Labute approximate surface area is 169 Å². The fourth-order valence-electron chi connectivity index (χ4n) is 2.48. The number of para-hydroxylation sites is 1. The SMILES string of the molecule is CC(N)C(C)C(=O)N(CC(=O)Nc1ccccc1F)Cc1ccccc1F.Cl. The zero-order valence-corrected chi connectivity index (χ0v) is 16.5.